The van der Waals surface area contributed by atoms with Gasteiger partial charge in [-0.2, -0.15) is 0 Å². The van der Waals surface area contributed by atoms with E-state index in [0.29, 0.717) is 36.1 Å². The third-order valence-electron chi connectivity index (χ3n) is 4.24. The fourth-order valence-electron chi connectivity index (χ4n) is 2.93. The Morgan fingerprint density at radius 3 is 3.12 bits per heavy atom. The van der Waals surface area contributed by atoms with Gasteiger partial charge in [-0.1, -0.05) is 5.16 Å². The molecule has 1 aliphatic rings. The molecule has 3 heterocycles. The van der Waals surface area contributed by atoms with Gasteiger partial charge in [0.2, 0.25) is 0 Å². The molecule has 0 unspecified atom stereocenters. The molecule has 3 aromatic rings. The summed E-state index contributed by atoms with van der Waals surface area (Å²) in [5, 5.41) is 4.97. The number of rotatable bonds is 3. The van der Waals surface area contributed by atoms with Crippen molar-refractivity contribution in [2.75, 3.05) is 13.7 Å². The molecule has 1 aromatic carbocycles. The Balaban J connectivity index is 1.76. The van der Waals surface area contributed by atoms with Crippen LogP contribution in [0.3, 0.4) is 0 Å². The van der Waals surface area contributed by atoms with Gasteiger partial charge in [0.1, 0.15) is 11.5 Å². The highest BCUT2D eigenvalue weighted by atomic mass is 19.1. The Kier molecular flexibility index (Phi) is 3.57. The largest absolute Gasteiger partial charge is 0.494 e. The molecule has 0 atom stereocenters. The summed E-state index contributed by atoms with van der Waals surface area (Å²) in [4.78, 5) is 12.6. The van der Waals surface area contributed by atoms with E-state index >= 15 is 0 Å². The predicted molar refractivity (Wildman–Crippen MR) is 83.7 cm³/mol. The van der Waals surface area contributed by atoms with Crippen molar-refractivity contribution < 1.29 is 18.4 Å². The van der Waals surface area contributed by atoms with Crippen molar-refractivity contribution in [2.24, 2.45) is 0 Å². The van der Waals surface area contributed by atoms with E-state index in [1.807, 2.05) is 0 Å². The van der Waals surface area contributed by atoms with E-state index < -0.39 is 5.82 Å². The minimum Gasteiger partial charge on any atom is -0.494 e. The molecule has 0 amide bonds. The topological polar surface area (TPSA) is 66.5 Å². The number of benzene rings is 1. The van der Waals surface area contributed by atoms with Gasteiger partial charge in [0, 0.05) is 18.2 Å². The summed E-state index contributed by atoms with van der Waals surface area (Å²) in [6.07, 6.45) is 2.34. The van der Waals surface area contributed by atoms with E-state index in [-0.39, 0.29) is 17.9 Å². The zero-order valence-corrected chi connectivity index (χ0v) is 13.0. The van der Waals surface area contributed by atoms with Gasteiger partial charge < -0.3 is 18.6 Å². The van der Waals surface area contributed by atoms with E-state index in [4.69, 9.17) is 14.0 Å². The first-order valence-corrected chi connectivity index (χ1v) is 7.58. The number of hydrogen-bond donors (Lipinski definition) is 0. The van der Waals surface area contributed by atoms with Crippen LogP contribution in [0, 0.1) is 5.82 Å². The lowest BCUT2D eigenvalue weighted by atomic mass is 10.1. The van der Waals surface area contributed by atoms with Crippen LogP contribution in [0.2, 0.25) is 0 Å². The van der Waals surface area contributed by atoms with E-state index in [9.17, 15) is 9.18 Å². The highest BCUT2D eigenvalue weighted by molar-refractivity contribution is 5.83. The second-order valence-electron chi connectivity index (χ2n) is 5.66. The molecule has 0 N–H and O–H groups in total. The van der Waals surface area contributed by atoms with Crippen LogP contribution < -0.4 is 10.3 Å². The van der Waals surface area contributed by atoms with Gasteiger partial charge >= 0.3 is 0 Å². The third-order valence-corrected chi connectivity index (χ3v) is 4.24. The SMILES string of the molecule is COc1cc2ccn(Cc3noc4c3COCC4)c(=O)c2cc1F. The second kappa shape index (κ2) is 5.76. The summed E-state index contributed by atoms with van der Waals surface area (Å²) in [6, 6.07) is 4.47. The first-order valence-electron chi connectivity index (χ1n) is 7.58. The van der Waals surface area contributed by atoms with Crippen molar-refractivity contribution in [2.45, 2.75) is 19.6 Å². The number of ether oxygens (including phenoxy) is 2. The smallest absolute Gasteiger partial charge is 0.258 e. The molecule has 2 aromatic heterocycles. The monoisotopic (exact) mass is 330 g/mol. The maximum atomic E-state index is 13.9. The zero-order valence-electron chi connectivity index (χ0n) is 13.0. The van der Waals surface area contributed by atoms with Crippen LogP contribution in [0.4, 0.5) is 4.39 Å². The fraction of sp³-hybridized carbons (Fsp3) is 0.294. The molecule has 7 heteroatoms. The summed E-state index contributed by atoms with van der Waals surface area (Å²) >= 11 is 0. The second-order valence-corrected chi connectivity index (χ2v) is 5.66. The van der Waals surface area contributed by atoms with Gasteiger partial charge in [0.25, 0.3) is 5.56 Å². The lowest BCUT2D eigenvalue weighted by Crippen LogP contribution is -2.21. The van der Waals surface area contributed by atoms with Crippen LogP contribution in [0.25, 0.3) is 10.8 Å². The molecule has 124 valence electrons. The van der Waals surface area contributed by atoms with Gasteiger partial charge in [-0.3, -0.25) is 4.79 Å². The van der Waals surface area contributed by atoms with Gasteiger partial charge in [-0.25, -0.2) is 4.39 Å². The molecular formula is C17H15FN2O4. The van der Waals surface area contributed by atoms with Gasteiger partial charge in [-0.15, -0.1) is 0 Å². The van der Waals surface area contributed by atoms with Gasteiger partial charge in [0.05, 0.1) is 32.3 Å². The average molecular weight is 330 g/mol. The highest BCUT2D eigenvalue weighted by Gasteiger charge is 2.20. The summed E-state index contributed by atoms with van der Waals surface area (Å²) in [7, 11) is 1.39. The number of methoxy groups -OCH3 is 1. The molecule has 1 aliphatic heterocycles. The van der Waals surface area contributed by atoms with Crippen molar-refractivity contribution in [1.29, 1.82) is 0 Å². The molecule has 0 aliphatic carbocycles. The van der Waals surface area contributed by atoms with Crippen molar-refractivity contribution in [1.82, 2.24) is 9.72 Å². The molecule has 24 heavy (non-hydrogen) atoms. The number of aromatic nitrogens is 2. The lowest BCUT2D eigenvalue weighted by Gasteiger charge is -2.11. The Labute approximate surface area is 136 Å². The van der Waals surface area contributed by atoms with Crippen molar-refractivity contribution in [3.63, 3.8) is 0 Å². The quantitative estimate of drug-likeness (QED) is 0.737. The maximum Gasteiger partial charge on any atom is 0.258 e. The molecule has 0 fully saturated rings. The van der Waals surface area contributed by atoms with Crippen LogP contribution in [-0.4, -0.2) is 23.4 Å². The van der Waals surface area contributed by atoms with E-state index in [0.717, 1.165) is 11.3 Å². The lowest BCUT2D eigenvalue weighted by molar-refractivity contribution is 0.102. The summed E-state index contributed by atoms with van der Waals surface area (Å²) in [5.41, 5.74) is 1.27. The first-order chi connectivity index (χ1) is 11.7. The highest BCUT2D eigenvalue weighted by Crippen LogP contribution is 2.24. The van der Waals surface area contributed by atoms with Crippen molar-refractivity contribution in [3.05, 3.63) is 57.6 Å². The van der Waals surface area contributed by atoms with Gasteiger partial charge in [0.15, 0.2) is 11.6 Å². The number of pyridine rings is 1. The third kappa shape index (κ3) is 2.37. The van der Waals surface area contributed by atoms with E-state index in [1.165, 1.54) is 23.8 Å². The van der Waals surface area contributed by atoms with Crippen LogP contribution in [0.15, 0.2) is 33.7 Å². The van der Waals surface area contributed by atoms with Crippen LogP contribution in [-0.2, 0) is 24.3 Å². The zero-order chi connectivity index (χ0) is 16.7. The predicted octanol–water partition coefficient (Wildman–Crippen LogP) is 2.26. The molecule has 0 saturated carbocycles. The summed E-state index contributed by atoms with van der Waals surface area (Å²) < 4.78 is 31.1. The molecule has 0 spiro atoms. The minimum absolute atomic E-state index is 0.113. The van der Waals surface area contributed by atoms with E-state index in [2.05, 4.69) is 5.16 Å². The molecule has 6 nitrogen and oxygen atoms in total. The number of halogens is 1. The molecule has 0 bridgehead atoms. The van der Waals surface area contributed by atoms with Gasteiger partial charge in [-0.05, 0) is 23.6 Å². The van der Waals surface area contributed by atoms with Crippen LogP contribution in [0.1, 0.15) is 17.0 Å². The average Bonchev–Trinajstić information content (AvgIpc) is 3.01. The van der Waals surface area contributed by atoms with Crippen molar-refractivity contribution >= 4 is 10.8 Å². The molecule has 0 radical (unpaired) electrons. The molecule has 0 saturated heterocycles. The van der Waals surface area contributed by atoms with Crippen LogP contribution >= 0.6 is 0 Å². The maximum absolute atomic E-state index is 13.9. The first kappa shape index (κ1) is 14.9. The Hall–Kier alpha value is -2.67. The van der Waals surface area contributed by atoms with Crippen LogP contribution in [0.5, 0.6) is 5.75 Å². The fourth-order valence-corrected chi connectivity index (χ4v) is 2.93. The Morgan fingerprint density at radius 1 is 1.42 bits per heavy atom. The van der Waals surface area contributed by atoms with Crippen molar-refractivity contribution in [3.8, 4) is 5.75 Å². The Bertz CT molecular complexity index is 977. The number of fused-ring (bicyclic) bond motifs is 2. The van der Waals surface area contributed by atoms with E-state index in [1.54, 1.807) is 12.3 Å². The molecular weight excluding hydrogens is 315 g/mol. The standard InChI is InChI=1S/C17H15FN2O4/c1-22-16-6-10-2-4-20(17(21)11(10)7-13(16)18)8-14-12-9-23-5-3-15(12)24-19-14/h2,4,6-7H,3,5,8-9H2,1H3. The number of nitrogens with zero attached hydrogens (tertiary/aromatic N) is 2. The minimum atomic E-state index is -0.563. The normalized spacial score (nSPS) is 13.9. The molecule has 4 rings (SSSR count). The number of hydrogen-bond acceptors (Lipinski definition) is 5. The summed E-state index contributed by atoms with van der Waals surface area (Å²) in [6.45, 7) is 1.30. The Morgan fingerprint density at radius 2 is 2.29 bits per heavy atom. The summed E-state index contributed by atoms with van der Waals surface area (Å²) in [5.74, 6) is 0.357.